The van der Waals surface area contributed by atoms with Gasteiger partial charge in [-0.3, -0.25) is 0 Å². The summed E-state index contributed by atoms with van der Waals surface area (Å²) < 4.78 is 12.3. The van der Waals surface area contributed by atoms with Crippen molar-refractivity contribution in [3.05, 3.63) is 71.8 Å². The number of ether oxygens (including phenoxy) is 2. The fourth-order valence-electron chi connectivity index (χ4n) is 7.12. The number of unbranched alkanes of at least 4 members (excludes halogenated alkanes) is 16. The van der Waals surface area contributed by atoms with Gasteiger partial charge in [-0.15, -0.1) is 0 Å². The second kappa shape index (κ2) is 42.1. The third-order valence-corrected chi connectivity index (χ3v) is 11.1. The van der Waals surface area contributed by atoms with Gasteiger partial charge in [0.25, 0.3) is 0 Å². The molecule has 0 saturated heterocycles. The number of aliphatic hydroxyl groups is 2. The van der Waals surface area contributed by atoms with Gasteiger partial charge in [0.1, 0.15) is 0 Å². The smallest absolute Gasteiger partial charge is 0.550 e. The number of hydrogen-bond donors (Lipinski definition) is 2. The molecule has 0 heterocycles. The van der Waals surface area contributed by atoms with Crippen LogP contribution in [-0.2, 0) is 32.3 Å². The van der Waals surface area contributed by atoms with E-state index in [1.165, 1.54) is 88.2 Å². The molecule has 4 atom stereocenters. The first-order chi connectivity index (χ1) is 28.2. The van der Waals surface area contributed by atoms with Crippen LogP contribution in [0.4, 0.5) is 0 Å². The number of hydrogen-bond acceptors (Lipinski definition) is 8. The Balaban J connectivity index is 0.00000112. The van der Waals surface area contributed by atoms with E-state index < -0.39 is 11.9 Å². The number of carboxylic acids is 2. The number of carboxylic acid groups (broad SMARTS) is 2. The molecule has 0 aromatic heterocycles. The van der Waals surface area contributed by atoms with E-state index in [-0.39, 0.29) is 86.1 Å². The predicted octanol–water partition coefficient (Wildman–Crippen LogP) is 9.95. The first kappa shape index (κ1) is 57.8. The third kappa shape index (κ3) is 38.2. The summed E-state index contributed by atoms with van der Waals surface area (Å²) in [5, 5.41) is 40.5. The van der Waals surface area contributed by atoms with Crippen LogP contribution in [0.25, 0.3) is 0 Å². The van der Waals surface area contributed by atoms with Crippen LogP contribution in [0.15, 0.2) is 60.7 Å². The number of carbonyl (C=O) groups is 2. The number of carbonyl (C=O) groups excluding carboxylic acids is 2. The van der Waals surface area contributed by atoms with Crippen molar-refractivity contribution in [3.63, 3.8) is 0 Å². The average Bonchev–Trinajstić information content (AvgIpc) is 3.23. The van der Waals surface area contributed by atoms with Crippen LogP contribution in [0.3, 0.4) is 0 Å². The first-order valence-corrected chi connectivity index (χ1v) is 23.3. The Bertz CT molecular complexity index is 1110. The summed E-state index contributed by atoms with van der Waals surface area (Å²) in [7, 11) is 0. The van der Waals surface area contributed by atoms with Crippen LogP contribution in [0, 0.1) is 0 Å². The maximum absolute atomic E-state index is 10.4. The molecule has 0 saturated carbocycles. The summed E-state index contributed by atoms with van der Waals surface area (Å²) in [5.74, 6) is -1.86. The zero-order valence-corrected chi connectivity index (χ0v) is 41.8. The van der Waals surface area contributed by atoms with Crippen molar-refractivity contribution in [2.45, 2.75) is 231 Å². The second-order valence-corrected chi connectivity index (χ2v) is 16.3. The zero-order valence-electron chi connectivity index (χ0n) is 37.3. The number of rotatable bonds is 38. The van der Waals surface area contributed by atoms with E-state index in [1.807, 2.05) is 50.2 Å². The van der Waals surface area contributed by atoms with Crippen LogP contribution >= 0.6 is 0 Å². The second-order valence-electron chi connectivity index (χ2n) is 16.3. The minimum Gasteiger partial charge on any atom is -0.550 e. The van der Waals surface area contributed by atoms with E-state index in [0.29, 0.717) is 13.2 Å². The molecule has 332 valence electrons. The topological polar surface area (TPSA) is 139 Å². The molecule has 2 rings (SSSR count). The number of benzene rings is 2. The molecule has 0 aliphatic carbocycles. The fourth-order valence-corrected chi connectivity index (χ4v) is 7.12. The molecule has 0 aliphatic rings. The molecule has 0 bridgehead atoms. The Hall–Kier alpha value is -1.21. The molecular formula is C50H82BaO8. The third-order valence-electron chi connectivity index (χ3n) is 11.1. The monoisotopic (exact) mass is 949 g/mol. The van der Waals surface area contributed by atoms with E-state index in [2.05, 4.69) is 24.3 Å². The van der Waals surface area contributed by atoms with Gasteiger partial charge in [0, 0.05) is 11.9 Å². The van der Waals surface area contributed by atoms with Gasteiger partial charge in [-0.1, -0.05) is 177 Å². The van der Waals surface area contributed by atoms with Gasteiger partial charge < -0.3 is 39.5 Å². The van der Waals surface area contributed by atoms with Crippen molar-refractivity contribution in [3.8, 4) is 0 Å². The summed E-state index contributed by atoms with van der Waals surface area (Å²) in [6.45, 7) is 5.33. The minimum absolute atomic E-state index is 0. The Morgan fingerprint density at radius 3 is 1.03 bits per heavy atom. The Morgan fingerprint density at radius 1 is 0.458 bits per heavy atom. The maximum Gasteiger partial charge on any atom is 2.00 e. The largest absolute Gasteiger partial charge is 2.00 e. The average molecular weight is 949 g/mol. The molecule has 8 nitrogen and oxygen atoms in total. The normalized spacial score (nSPS) is 13.1. The molecule has 2 aromatic carbocycles. The van der Waals surface area contributed by atoms with Crippen LogP contribution in [0.2, 0.25) is 0 Å². The van der Waals surface area contributed by atoms with Gasteiger partial charge in [0.2, 0.25) is 0 Å². The van der Waals surface area contributed by atoms with Crippen LogP contribution in [0.5, 0.6) is 0 Å². The van der Waals surface area contributed by atoms with E-state index >= 15 is 0 Å². The van der Waals surface area contributed by atoms with Crippen molar-refractivity contribution in [1.29, 1.82) is 0 Å². The Morgan fingerprint density at radius 2 is 0.746 bits per heavy atom. The molecule has 0 aliphatic heterocycles. The summed E-state index contributed by atoms with van der Waals surface area (Å²) in [6, 6.07) is 20.6. The van der Waals surface area contributed by atoms with E-state index in [0.717, 1.165) is 89.9 Å². The molecule has 4 unspecified atom stereocenters. The van der Waals surface area contributed by atoms with E-state index in [9.17, 15) is 30.0 Å². The van der Waals surface area contributed by atoms with Gasteiger partial charge in [0.15, 0.2) is 0 Å². The Labute approximate surface area is 400 Å². The molecule has 59 heavy (non-hydrogen) atoms. The molecule has 0 amide bonds. The van der Waals surface area contributed by atoms with Crippen LogP contribution in [0.1, 0.15) is 205 Å². The standard InChI is InChI=1S/2C25H42O4.Ba/c2*1-2-23(26)19-20-24(29-21-22-15-11-10-12-16-22)17-13-8-6-4-3-5-7-9-14-18-25(27)28;/h2*10-12,15-16,23-24,26H,2-9,13-14,17-21H2,1H3,(H,27,28);/q;;+2/p-2. The van der Waals surface area contributed by atoms with Gasteiger partial charge in [-0.05, 0) is 88.2 Å². The van der Waals surface area contributed by atoms with Crippen molar-refractivity contribution in [2.75, 3.05) is 0 Å². The SMILES string of the molecule is CCC(O)CCC(CCCCCCCCCCCC(=O)[O-])OCc1ccccc1.CCC(O)CCC(CCCCCCCCCCCC(=O)[O-])OCc1ccccc1.[Ba+2]. The number of aliphatic carboxylic acids is 2. The van der Waals surface area contributed by atoms with Gasteiger partial charge in [0.05, 0.1) is 37.6 Å². The summed E-state index contributed by atoms with van der Waals surface area (Å²) in [4.78, 5) is 20.7. The molecule has 0 spiro atoms. The number of aliphatic hydroxyl groups excluding tert-OH is 2. The molecular weight excluding hydrogens is 866 g/mol. The van der Waals surface area contributed by atoms with Gasteiger partial charge >= 0.3 is 48.9 Å². The van der Waals surface area contributed by atoms with Crippen LogP contribution in [-0.4, -0.2) is 95.4 Å². The Kier molecular flexibility index (Phi) is 41.2. The molecule has 9 heteroatoms. The van der Waals surface area contributed by atoms with Crippen LogP contribution < -0.4 is 10.2 Å². The summed E-state index contributed by atoms with van der Waals surface area (Å²) in [5.41, 5.74) is 2.40. The van der Waals surface area contributed by atoms with Crippen molar-refractivity contribution >= 4 is 60.8 Å². The molecule has 2 aromatic rings. The summed E-state index contributed by atoms with van der Waals surface area (Å²) in [6.07, 6.45) is 28.1. The minimum atomic E-state index is -0.930. The van der Waals surface area contributed by atoms with Crippen molar-refractivity contribution < 1.29 is 39.5 Å². The zero-order chi connectivity index (χ0) is 42.3. The van der Waals surface area contributed by atoms with E-state index in [4.69, 9.17) is 9.47 Å². The van der Waals surface area contributed by atoms with E-state index in [1.54, 1.807) is 0 Å². The van der Waals surface area contributed by atoms with Gasteiger partial charge in [-0.25, -0.2) is 0 Å². The molecule has 0 fully saturated rings. The van der Waals surface area contributed by atoms with Crippen molar-refractivity contribution in [1.82, 2.24) is 0 Å². The van der Waals surface area contributed by atoms with Crippen molar-refractivity contribution in [2.24, 2.45) is 0 Å². The first-order valence-electron chi connectivity index (χ1n) is 23.3. The summed E-state index contributed by atoms with van der Waals surface area (Å²) >= 11 is 0. The predicted molar refractivity (Wildman–Crippen MR) is 238 cm³/mol. The van der Waals surface area contributed by atoms with Gasteiger partial charge in [-0.2, -0.15) is 0 Å². The maximum atomic E-state index is 10.4. The fraction of sp³-hybridized carbons (Fsp3) is 0.720. The molecule has 2 N–H and O–H groups in total. The molecule has 0 radical (unpaired) electrons. The quantitative estimate of drug-likeness (QED) is 0.0501.